The Kier molecular flexibility index (Phi) is 3.59. The van der Waals surface area contributed by atoms with E-state index in [-0.39, 0.29) is 11.7 Å². The molecule has 0 amide bonds. The highest BCUT2D eigenvalue weighted by molar-refractivity contribution is 5.14. The van der Waals surface area contributed by atoms with Crippen molar-refractivity contribution in [3.05, 3.63) is 17.8 Å². The molecular formula is C12H19N3O2. The van der Waals surface area contributed by atoms with Gasteiger partial charge < -0.3 is 14.8 Å². The lowest BCUT2D eigenvalue weighted by Gasteiger charge is -2.36. The summed E-state index contributed by atoms with van der Waals surface area (Å²) in [6.07, 6.45) is 1.76. The van der Waals surface area contributed by atoms with E-state index in [4.69, 9.17) is 9.47 Å². The maximum atomic E-state index is 5.89. The molecule has 0 saturated carbocycles. The van der Waals surface area contributed by atoms with Gasteiger partial charge in [-0.3, -0.25) is 0 Å². The Hall–Kier alpha value is -1.20. The summed E-state index contributed by atoms with van der Waals surface area (Å²) in [6, 6.07) is 1.87. The largest absolute Gasteiger partial charge is 0.474 e. The molecule has 2 rings (SSSR count). The monoisotopic (exact) mass is 237 g/mol. The zero-order valence-corrected chi connectivity index (χ0v) is 10.6. The van der Waals surface area contributed by atoms with E-state index in [1.54, 1.807) is 6.20 Å². The number of aromatic nitrogens is 2. The Labute approximate surface area is 102 Å². The first-order valence-corrected chi connectivity index (χ1v) is 5.86. The first-order valence-electron chi connectivity index (χ1n) is 5.86. The fourth-order valence-electron chi connectivity index (χ4n) is 1.85. The molecule has 1 fully saturated rings. The lowest BCUT2D eigenvalue weighted by Crippen LogP contribution is -2.52. The SMILES string of the molecule is Cc1cnnc(OCC2CNCC(C)(C)O2)c1. The van der Waals surface area contributed by atoms with Gasteiger partial charge in [0.15, 0.2) is 0 Å². The van der Waals surface area contributed by atoms with Crippen molar-refractivity contribution in [2.75, 3.05) is 19.7 Å². The fourth-order valence-corrected chi connectivity index (χ4v) is 1.85. The smallest absolute Gasteiger partial charge is 0.233 e. The van der Waals surface area contributed by atoms with Gasteiger partial charge in [-0.05, 0) is 26.3 Å². The van der Waals surface area contributed by atoms with E-state index in [0.717, 1.165) is 18.7 Å². The van der Waals surface area contributed by atoms with Crippen molar-refractivity contribution in [3.63, 3.8) is 0 Å². The Bertz CT molecular complexity index is 382. The third-order valence-corrected chi connectivity index (χ3v) is 2.59. The number of rotatable bonds is 3. The van der Waals surface area contributed by atoms with Gasteiger partial charge in [0, 0.05) is 19.2 Å². The average Bonchev–Trinajstić information content (AvgIpc) is 2.25. The third kappa shape index (κ3) is 3.64. The highest BCUT2D eigenvalue weighted by Crippen LogP contribution is 2.16. The molecule has 0 bridgehead atoms. The number of hydrogen-bond acceptors (Lipinski definition) is 5. The zero-order chi connectivity index (χ0) is 12.3. The van der Waals surface area contributed by atoms with E-state index in [1.165, 1.54) is 0 Å². The van der Waals surface area contributed by atoms with Crippen LogP contribution >= 0.6 is 0 Å². The Morgan fingerprint density at radius 2 is 2.41 bits per heavy atom. The summed E-state index contributed by atoms with van der Waals surface area (Å²) < 4.78 is 11.5. The van der Waals surface area contributed by atoms with Gasteiger partial charge in [-0.25, -0.2) is 0 Å². The number of nitrogens with one attached hydrogen (secondary N) is 1. The summed E-state index contributed by atoms with van der Waals surface area (Å²) in [6.45, 7) is 8.27. The van der Waals surface area contributed by atoms with Gasteiger partial charge in [0.1, 0.15) is 12.7 Å². The maximum absolute atomic E-state index is 5.89. The van der Waals surface area contributed by atoms with Crippen LogP contribution in [0.5, 0.6) is 5.88 Å². The summed E-state index contributed by atoms with van der Waals surface area (Å²) in [4.78, 5) is 0. The van der Waals surface area contributed by atoms with Crippen LogP contribution in [0.4, 0.5) is 0 Å². The normalized spacial score (nSPS) is 23.4. The number of nitrogens with zero attached hydrogens (tertiary/aromatic N) is 2. The average molecular weight is 237 g/mol. The molecule has 0 aliphatic carbocycles. The van der Waals surface area contributed by atoms with Crippen LogP contribution in [0.2, 0.25) is 0 Å². The number of aryl methyl sites for hydroxylation is 1. The molecule has 1 aliphatic rings. The Morgan fingerprint density at radius 3 is 3.12 bits per heavy atom. The molecule has 1 atom stereocenters. The lowest BCUT2D eigenvalue weighted by molar-refractivity contribution is -0.107. The van der Waals surface area contributed by atoms with Crippen LogP contribution < -0.4 is 10.1 Å². The molecule has 2 heterocycles. The van der Waals surface area contributed by atoms with Crippen LogP contribution in [0.15, 0.2) is 12.3 Å². The molecule has 1 aromatic heterocycles. The van der Waals surface area contributed by atoms with Crippen molar-refractivity contribution in [2.45, 2.75) is 32.5 Å². The minimum absolute atomic E-state index is 0.0565. The van der Waals surface area contributed by atoms with Gasteiger partial charge in [-0.1, -0.05) is 0 Å². The highest BCUT2D eigenvalue weighted by Gasteiger charge is 2.28. The second kappa shape index (κ2) is 4.98. The van der Waals surface area contributed by atoms with Crippen LogP contribution in [0.3, 0.4) is 0 Å². The molecule has 0 spiro atoms. The van der Waals surface area contributed by atoms with Crippen LogP contribution in [-0.2, 0) is 4.74 Å². The van der Waals surface area contributed by atoms with Crippen molar-refractivity contribution in [2.24, 2.45) is 0 Å². The third-order valence-electron chi connectivity index (χ3n) is 2.59. The lowest BCUT2D eigenvalue weighted by atomic mass is 10.1. The van der Waals surface area contributed by atoms with E-state index in [9.17, 15) is 0 Å². The molecule has 0 radical (unpaired) electrons. The number of morpholine rings is 1. The molecule has 94 valence electrons. The van der Waals surface area contributed by atoms with Gasteiger partial charge in [0.25, 0.3) is 0 Å². The fraction of sp³-hybridized carbons (Fsp3) is 0.667. The van der Waals surface area contributed by atoms with Crippen molar-refractivity contribution >= 4 is 0 Å². The predicted molar refractivity (Wildman–Crippen MR) is 64.1 cm³/mol. The van der Waals surface area contributed by atoms with Crippen molar-refractivity contribution in [1.82, 2.24) is 15.5 Å². The summed E-state index contributed by atoms with van der Waals surface area (Å²) in [7, 11) is 0. The van der Waals surface area contributed by atoms with Crippen molar-refractivity contribution in [3.8, 4) is 5.88 Å². The standard InChI is InChI=1S/C12H19N3O2/c1-9-4-11(15-14-5-9)16-7-10-6-13-8-12(2,3)17-10/h4-5,10,13H,6-8H2,1-3H3. The zero-order valence-electron chi connectivity index (χ0n) is 10.6. The molecule has 5 nitrogen and oxygen atoms in total. The van der Waals surface area contributed by atoms with Crippen LogP contribution in [0.25, 0.3) is 0 Å². The molecule has 1 N–H and O–H groups in total. The van der Waals surface area contributed by atoms with E-state index >= 15 is 0 Å². The Balaban J connectivity index is 1.86. The van der Waals surface area contributed by atoms with Gasteiger partial charge in [0.2, 0.25) is 5.88 Å². The summed E-state index contributed by atoms with van der Waals surface area (Å²) in [5, 5.41) is 11.1. The van der Waals surface area contributed by atoms with E-state index in [1.807, 2.05) is 13.0 Å². The van der Waals surface area contributed by atoms with Crippen LogP contribution in [0, 0.1) is 6.92 Å². The van der Waals surface area contributed by atoms with Crippen LogP contribution in [-0.4, -0.2) is 41.6 Å². The van der Waals surface area contributed by atoms with Gasteiger partial charge in [-0.15, -0.1) is 5.10 Å². The van der Waals surface area contributed by atoms with E-state index in [2.05, 4.69) is 29.4 Å². The van der Waals surface area contributed by atoms with E-state index in [0.29, 0.717) is 12.5 Å². The molecule has 0 aromatic carbocycles. The second-order valence-corrected chi connectivity index (χ2v) is 5.01. The molecule has 1 aromatic rings. The van der Waals surface area contributed by atoms with Crippen molar-refractivity contribution in [1.29, 1.82) is 0 Å². The minimum atomic E-state index is -0.134. The number of ether oxygens (including phenoxy) is 2. The van der Waals surface area contributed by atoms with Crippen molar-refractivity contribution < 1.29 is 9.47 Å². The number of hydrogen-bond donors (Lipinski definition) is 1. The van der Waals surface area contributed by atoms with Gasteiger partial charge in [0.05, 0.1) is 11.8 Å². The highest BCUT2D eigenvalue weighted by atomic mass is 16.6. The first kappa shape index (κ1) is 12.3. The van der Waals surface area contributed by atoms with Gasteiger partial charge in [-0.2, -0.15) is 5.10 Å². The molecular weight excluding hydrogens is 218 g/mol. The first-order chi connectivity index (χ1) is 8.05. The maximum Gasteiger partial charge on any atom is 0.233 e. The second-order valence-electron chi connectivity index (χ2n) is 5.01. The molecule has 1 saturated heterocycles. The molecule has 17 heavy (non-hydrogen) atoms. The summed E-state index contributed by atoms with van der Waals surface area (Å²) in [5.41, 5.74) is 0.905. The molecule has 1 unspecified atom stereocenters. The van der Waals surface area contributed by atoms with Crippen LogP contribution in [0.1, 0.15) is 19.4 Å². The van der Waals surface area contributed by atoms with E-state index < -0.39 is 0 Å². The van der Waals surface area contributed by atoms with Gasteiger partial charge >= 0.3 is 0 Å². The minimum Gasteiger partial charge on any atom is -0.474 e. The summed E-state index contributed by atoms with van der Waals surface area (Å²) in [5.74, 6) is 0.553. The molecule has 5 heteroatoms. The molecule has 1 aliphatic heterocycles. The Morgan fingerprint density at radius 1 is 1.59 bits per heavy atom. The topological polar surface area (TPSA) is 56.3 Å². The quantitative estimate of drug-likeness (QED) is 0.847. The predicted octanol–water partition coefficient (Wildman–Crippen LogP) is 0.931. The summed E-state index contributed by atoms with van der Waals surface area (Å²) >= 11 is 0.